The molecule has 1 heterocycles. The summed E-state index contributed by atoms with van der Waals surface area (Å²) in [5.41, 5.74) is 2.67. The van der Waals surface area contributed by atoms with Crippen LogP contribution in [0.1, 0.15) is 21.5 Å². The number of methoxy groups -OCH3 is 1. The van der Waals surface area contributed by atoms with Crippen LogP contribution >= 0.6 is 0 Å². The van der Waals surface area contributed by atoms with Gasteiger partial charge in [0.1, 0.15) is 11.5 Å². The number of hydrogen-bond acceptors (Lipinski definition) is 3. The molecule has 0 atom stereocenters. The number of ether oxygens (including phenoxy) is 2. The second kappa shape index (κ2) is 4.85. The third-order valence-electron chi connectivity index (χ3n) is 3.22. The Balaban J connectivity index is 1.97. The van der Waals surface area contributed by atoms with E-state index in [2.05, 4.69) is 0 Å². The van der Waals surface area contributed by atoms with Gasteiger partial charge in [-0.3, -0.25) is 4.79 Å². The van der Waals surface area contributed by atoms with Gasteiger partial charge in [-0.25, -0.2) is 0 Å². The van der Waals surface area contributed by atoms with Gasteiger partial charge in [0.25, 0.3) is 0 Å². The standard InChI is InChI=1S/C17H14O3/c1-11-4-3-5-12(8-11)9-16-17(18)14-7-6-13(19-2)10-15(14)20-16/h3-10H,1-2H3. The highest BCUT2D eigenvalue weighted by Gasteiger charge is 2.27. The molecule has 2 aromatic rings. The molecule has 0 spiro atoms. The largest absolute Gasteiger partial charge is 0.497 e. The third kappa shape index (κ3) is 2.18. The minimum absolute atomic E-state index is 0.0934. The van der Waals surface area contributed by atoms with Gasteiger partial charge in [-0.05, 0) is 30.7 Å². The zero-order chi connectivity index (χ0) is 14.1. The molecule has 3 nitrogen and oxygen atoms in total. The molecule has 20 heavy (non-hydrogen) atoms. The van der Waals surface area contributed by atoms with Crippen LogP contribution in [-0.2, 0) is 0 Å². The van der Waals surface area contributed by atoms with Crippen LogP contribution in [0.5, 0.6) is 11.5 Å². The van der Waals surface area contributed by atoms with Gasteiger partial charge in [-0.1, -0.05) is 29.8 Å². The summed E-state index contributed by atoms with van der Waals surface area (Å²) in [6, 6.07) is 13.1. The van der Waals surface area contributed by atoms with Crippen LogP contribution in [0.4, 0.5) is 0 Å². The fourth-order valence-electron chi connectivity index (χ4n) is 2.21. The maximum atomic E-state index is 12.3. The number of allylic oxidation sites excluding steroid dienone is 1. The number of hydrogen-bond donors (Lipinski definition) is 0. The van der Waals surface area contributed by atoms with E-state index in [0.29, 0.717) is 22.8 Å². The molecule has 0 unspecified atom stereocenters. The number of carbonyl (C=O) groups is 1. The summed E-state index contributed by atoms with van der Waals surface area (Å²) in [4.78, 5) is 12.3. The highest BCUT2D eigenvalue weighted by Crippen LogP contribution is 2.34. The average Bonchev–Trinajstić information content (AvgIpc) is 2.75. The number of ketones is 1. The van der Waals surface area contributed by atoms with Crippen LogP contribution in [0.15, 0.2) is 48.2 Å². The fourth-order valence-corrected chi connectivity index (χ4v) is 2.21. The lowest BCUT2D eigenvalue weighted by molar-refractivity contribution is 0.101. The fraction of sp³-hybridized carbons (Fsp3) is 0.118. The van der Waals surface area contributed by atoms with E-state index in [1.807, 2.05) is 31.2 Å². The highest BCUT2D eigenvalue weighted by molar-refractivity contribution is 6.14. The van der Waals surface area contributed by atoms with Crippen molar-refractivity contribution in [1.29, 1.82) is 0 Å². The molecule has 0 saturated heterocycles. The summed E-state index contributed by atoms with van der Waals surface area (Å²) in [6.45, 7) is 2.01. The first-order valence-electron chi connectivity index (χ1n) is 6.36. The van der Waals surface area contributed by atoms with Gasteiger partial charge in [0.05, 0.1) is 12.7 Å². The molecule has 0 aromatic heterocycles. The second-order valence-corrected chi connectivity index (χ2v) is 4.72. The predicted octanol–water partition coefficient (Wildman–Crippen LogP) is 3.62. The summed E-state index contributed by atoms with van der Waals surface area (Å²) in [5.74, 6) is 1.48. The number of carbonyl (C=O) groups excluding carboxylic acids is 1. The van der Waals surface area contributed by atoms with E-state index in [0.717, 1.165) is 11.1 Å². The van der Waals surface area contributed by atoms with Gasteiger partial charge in [-0.15, -0.1) is 0 Å². The van der Waals surface area contributed by atoms with Crippen LogP contribution in [0.3, 0.4) is 0 Å². The summed E-state index contributed by atoms with van der Waals surface area (Å²) in [7, 11) is 1.59. The zero-order valence-electron chi connectivity index (χ0n) is 11.3. The van der Waals surface area contributed by atoms with E-state index < -0.39 is 0 Å². The van der Waals surface area contributed by atoms with Crippen molar-refractivity contribution in [3.05, 3.63) is 64.9 Å². The Labute approximate surface area is 117 Å². The van der Waals surface area contributed by atoms with E-state index in [1.165, 1.54) is 0 Å². The Hall–Kier alpha value is -2.55. The summed E-state index contributed by atoms with van der Waals surface area (Å²) >= 11 is 0. The number of rotatable bonds is 2. The van der Waals surface area contributed by atoms with Gasteiger partial charge in [-0.2, -0.15) is 0 Å². The van der Waals surface area contributed by atoms with Crippen molar-refractivity contribution < 1.29 is 14.3 Å². The minimum Gasteiger partial charge on any atom is -0.497 e. The molecule has 1 aliphatic rings. The van der Waals surface area contributed by atoms with Crippen molar-refractivity contribution in [3.63, 3.8) is 0 Å². The topological polar surface area (TPSA) is 35.5 Å². The maximum absolute atomic E-state index is 12.3. The van der Waals surface area contributed by atoms with Crippen molar-refractivity contribution in [2.45, 2.75) is 6.92 Å². The average molecular weight is 266 g/mol. The van der Waals surface area contributed by atoms with Crippen LogP contribution in [0.25, 0.3) is 6.08 Å². The van der Waals surface area contributed by atoms with Crippen LogP contribution < -0.4 is 9.47 Å². The molecule has 0 bridgehead atoms. The Morgan fingerprint density at radius 1 is 1.15 bits per heavy atom. The van der Waals surface area contributed by atoms with Gasteiger partial charge in [0, 0.05) is 6.07 Å². The SMILES string of the molecule is COc1ccc2c(c1)OC(=Cc1cccc(C)c1)C2=O. The quantitative estimate of drug-likeness (QED) is 0.779. The molecule has 0 amide bonds. The first-order valence-corrected chi connectivity index (χ1v) is 6.36. The van der Waals surface area contributed by atoms with E-state index in [9.17, 15) is 4.79 Å². The predicted molar refractivity (Wildman–Crippen MR) is 77.1 cm³/mol. The van der Waals surface area contributed by atoms with Crippen LogP contribution in [-0.4, -0.2) is 12.9 Å². The van der Waals surface area contributed by atoms with E-state index in [4.69, 9.17) is 9.47 Å². The van der Waals surface area contributed by atoms with Crippen LogP contribution in [0, 0.1) is 6.92 Å². The van der Waals surface area contributed by atoms with E-state index >= 15 is 0 Å². The number of Topliss-reactive ketones (excluding diaryl/α,β-unsaturated/α-hetero) is 1. The van der Waals surface area contributed by atoms with Gasteiger partial charge >= 0.3 is 0 Å². The summed E-state index contributed by atoms with van der Waals surface area (Å²) in [5, 5.41) is 0. The molecule has 3 heteroatoms. The van der Waals surface area contributed by atoms with Crippen molar-refractivity contribution >= 4 is 11.9 Å². The smallest absolute Gasteiger partial charge is 0.231 e. The number of aryl methyl sites for hydroxylation is 1. The second-order valence-electron chi connectivity index (χ2n) is 4.72. The molecule has 0 aliphatic carbocycles. The van der Waals surface area contributed by atoms with Gasteiger partial charge in [0.2, 0.25) is 5.78 Å². The molecular weight excluding hydrogens is 252 g/mol. The first kappa shape index (κ1) is 12.5. The summed E-state index contributed by atoms with van der Waals surface area (Å²) < 4.78 is 10.8. The third-order valence-corrected chi connectivity index (χ3v) is 3.22. The lowest BCUT2D eigenvalue weighted by Crippen LogP contribution is -1.98. The van der Waals surface area contributed by atoms with E-state index in [1.54, 1.807) is 31.4 Å². The molecule has 1 aliphatic heterocycles. The first-order chi connectivity index (χ1) is 9.67. The molecule has 3 rings (SSSR count). The Kier molecular flexibility index (Phi) is 3.03. The van der Waals surface area contributed by atoms with Gasteiger partial charge in [0.15, 0.2) is 5.76 Å². The molecule has 0 fully saturated rings. The Morgan fingerprint density at radius 3 is 2.75 bits per heavy atom. The number of fused-ring (bicyclic) bond motifs is 1. The zero-order valence-corrected chi connectivity index (χ0v) is 11.3. The molecule has 0 saturated carbocycles. The maximum Gasteiger partial charge on any atom is 0.231 e. The minimum atomic E-state index is -0.0934. The molecular formula is C17H14O3. The normalized spacial score (nSPS) is 15.1. The Morgan fingerprint density at radius 2 is 2.00 bits per heavy atom. The molecule has 0 radical (unpaired) electrons. The summed E-state index contributed by atoms with van der Waals surface area (Å²) in [6.07, 6.45) is 1.77. The lowest BCUT2D eigenvalue weighted by Gasteiger charge is -2.01. The van der Waals surface area contributed by atoms with Crippen molar-refractivity contribution in [2.75, 3.05) is 7.11 Å². The number of benzene rings is 2. The van der Waals surface area contributed by atoms with Crippen molar-refractivity contribution in [1.82, 2.24) is 0 Å². The van der Waals surface area contributed by atoms with Gasteiger partial charge < -0.3 is 9.47 Å². The molecule has 0 N–H and O–H groups in total. The van der Waals surface area contributed by atoms with Crippen molar-refractivity contribution in [3.8, 4) is 11.5 Å². The molecule has 100 valence electrons. The van der Waals surface area contributed by atoms with Crippen molar-refractivity contribution in [2.24, 2.45) is 0 Å². The Bertz CT molecular complexity index is 714. The van der Waals surface area contributed by atoms with Crippen LogP contribution in [0.2, 0.25) is 0 Å². The highest BCUT2D eigenvalue weighted by atomic mass is 16.5. The van der Waals surface area contributed by atoms with E-state index in [-0.39, 0.29) is 5.78 Å². The monoisotopic (exact) mass is 266 g/mol. The molecule has 2 aromatic carbocycles. The lowest BCUT2D eigenvalue weighted by atomic mass is 10.1.